The molecule has 0 aliphatic rings. The molecule has 0 unspecified atom stereocenters. The lowest BCUT2D eigenvalue weighted by molar-refractivity contribution is 0.920. The Labute approximate surface area is 88.8 Å². The molecule has 0 radical (unpaired) electrons. The van der Waals surface area contributed by atoms with E-state index in [2.05, 4.69) is 41.0 Å². The van der Waals surface area contributed by atoms with Gasteiger partial charge in [0.25, 0.3) is 0 Å². The lowest BCUT2D eigenvalue weighted by atomic mass is 10.0. The maximum absolute atomic E-state index is 4.11. The summed E-state index contributed by atoms with van der Waals surface area (Å²) in [7, 11) is 0. The molecule has 1 heterocycles. The van der Waals surface area contributed by atoms with Crippen LogP contribution in [0.1, 0.15) is 11.3 Å². The molecular formula is C12H13N3. The van der Waals surface area contributed by atoms with Crippen molar-refractivity contribution in [3.63, 3.8) is 0 Å². The van der Waals surface area contributed by atoms with Crippen LogP contribution in [0.4, 0.5) is 0 Å². The third kappa shape index (κ3) is 1.81. The van der Waals surface area contributed by atoms with Crippen molar-refractivity contribution in [2.24, 2.45) is 0 Å². The highest BCUT2D eigenvalue weighted by Crippen LogP contribution is 2.23. The summed E-state index contributed by atoms with van der Waals surface area (Å²) in [6.07, 6.45) is 2.60. The van der Waals surface area contributed by atoms with E-state index in [1.165, 1.54) is 5.56 Å². The fourth-order valence-corrected chi connectivity index (χ4v) is 1.59. The van der Waals surface area contributed by atoms with Gasteiger partial charge in [0.05, 0.1) is 5.69 Å². The summed E-state index contributed by atoms with van der Waals surface area (Å²) < 4.78 is 0. The number of aromatic nitrogens is 3. The van der Waals surface area contributed by atoms with Crippen LogP contribution in [0, 0.1) is 6.92 Å². The monoisotopic (exact) mass is 199 g/mol. The Balaban J connectivity index is 2.49. The molecule has 0 amide bonds. The first-order chi connectivity index (χ1) is 7.33. The number of aromatic amines is 1. The second-order valence-electron chi connectivity index (χ2n) is 3.45. The van der Waals surface area contributed by atoms with Gasteiger partial charge >= 0.3 is 0 Å². The highest BCUT2D eigenvalue weighted by molar-refractivity contribution is 5.65. The molecule has 15 heavy (non-hydrogen) atoms. The summed E-state index contributed by atoms with van der Waals surface area (Å²) in [5.41, 5.74) is 4.27. The lowest BCUT2D eigenvalue weighted by Gasteiger charge is -2.02. The summed E-state index contributed by atoms with van der Waals surface area (Å²) in [5.74, 6) is 0. The van der Waals surface area contributed by atoms with Crippen molar-refractivity contribution in [2.45, 2.75) is 13.3 Å². The predicted octanol–water partition coefficient (Wildman–Crippen LogP) is 2.51. The molecule has 1 N–H and O–H groups in total. The topological polar surface area (TPSA) is 41.6 Å². The van der Waals surface area contributed by atoms with E-state index in [0.717, 1.165) is 23.4 Å². The highest BCUT2D eigenvalue weighted by Gasteiger charge is 2.09. The van der Waals surface area contributed by atoms with Crippen molar-refractivity contribution in [2.75, 3.05) is 0 Å². The molecule has 1 aromatic carbocycles. The number of allylic oxidation sites excluding steroid dienone is 1. The number of benzene rings is 1. The largest absolute Gasteiger partial charge is 0.261 e. The first-order valence-electron chi connectivity index (χ1n) is 4.89. The number of hydrogen-bond acceptors (Lipinski definition) is 2. The van der Waals surface area contributed by atoms with Gasteiger partial charge in [-0.15, -0.1) is 11.7 Å². The molecule has 3 heteroatoms. The lowest BCUT2D eigenvalue weighted by Crippen LogP contribution is -1.89. The van der Waals surface area contributed by atoms with Crippen molar-refractivity contribution in [1.29, 1.82) is 0 Å². The molecule has 3 nitrogen and oxygen atoms in total. The van der Waals surface area contributed by atoms with Crippen LogP contribution in [0.5, 0.6) is 0 Å². The van der Waals surface area contributed by atoms with E-state index >= 15 is 0 Å². The average molecular weight is 199 g/mol. The second-order valence-corrected chi connectivity index (χ2v) is 3.45. The summed E-state index contributed by atoms with van der Waals surface area (Å²) in [6, 6.07) is 8.16. The number of nitrogens with zero attached hydrogens (tertiary/aromatic N) is 2. The Bertz CT molecular complexity index is 471. The van der Waals surface area contributed by atoms with E-state index in [1.54, 1.807) is 0 Å². The van der Waals surface area contributed by atoms with Crippen molar-refractivity contribution in [1.82, 2.24) is 15.4 Å². The van der Waals surface area contributed by atoms with Gasteiger partial charge in [-0.3, -0.25) is 5.10 Å². The molecule has 0 spiro atoms. The van der Waals surface area contributed by atoms with Gasteiger partial charge in [-0.1, -0.05) is 35.6 Å². The third-order valence-corrected chi connectivity index (χ3v) is 2.37. The molecule has 0 saturated heterocycles. The van der Waals surface area contributed by atoms with E-state index in [4.69, 9.17) is 0 Å². The Morgan fingerprint density at radius 1 is 1.40 bits per heavy atom. The minimum absolute atomic E-state index is 0.761. The molecule has 2 aromatic rings. The van der Waals surface area contributed by atoms with Crippen LogP contribution in [0.15, 0.2) is 36.9 Å². The van der Waals surface area contributed by atoms with Crippen LogP contribution < -0.4 is 0 Å². The first kappa shape index (κ1) is 9.65. The Morgan fingerprint density at radius 2 is 2.20 bits per heavy atom. The Morgan fingerprint density at radius 3 is 2.93 bits per heavy atom. The van der Waals surface area contributed by atoms with Gasteiger partial charge in [0, 0.05) is 12.0 Å². The number of hydrogen-bond donors (Lipinski definition) is 1. The van der Waals surface area contributed by atoms with Crippen LogP contribution in [-0.2, 0) is 6.42 Å². The maximum atomic E-state index is 4.11. The fraction of sp³-hybridized carbons (Fsp3) is 0.167. The predicted molar refractivity (Wildman–Crippen MR) is 60.5 cm³/mol. The molecule has 0 saturated carbocycles. The number of aryl methyl sites for hydroxylation is 1. The van der Waals surface area contributed by atoms with Crippen LogP contribution in [0.2, 0.25) is 0 Å². The maximum Gasteiger partial charge on any atom is 0.116 e. The minimum atomic E-state index is 0.761. The molecule has 2 rings (SSSR count). The van der Waals surface area contributed by atoms with Crippen molar-refractivity contribution in [3.8, 4) is 11.3 Å². The third-order valence-electron chi connectivity index (χ3n) is 2.37. The summed E-state index contributed by atoms with van der Waals surface area (Å²) >= 11 is 0. The normalized spacial score (nSPS) is 10.2. The first-order valence-corrected chi connectivity index (χ1v) is 4.89. The highest BCUT2D eigenvalue weighted by atomic mass is 15.3. The number of H-pyrrole nitrogens is 1. The molecule has 76 valence electrons. The fourth-order valence-electron chi connectivity index (χ4n) is 1.59. The second kappa shape index (κ2) is 4.09. The number of nitrogens with one attached hydrogen (secondary N) is 1. The van der Waals surface area contributed by atoms with Crippen molar-refractivity contribution < 1.29 is 0 Å². The van der Waals surface area contributed by atoms with E-state index in [9.17, 15) is 0 Å². The standard InChI is InChI=1S/C12H13N3/c1-3-6-11-12(14-15-13-11)10-8-5-4-7-9(10)2/h3-5,7-8H,1,6H2,2H3,(H,13,14,15). The average Bonchev–Trinajstić information content (AvgIpc) is 2.67. The zero-order valence-corrected chi connectivity index (χ0v) is 8.70. The molecular weight excluding hydrogens is 186 g/mol. The quantitative estimate of drug-likeness (QED) is 0.772. The van der Waals surface area contributed by atoms with E-state index in [1.807, 2.05) is 18.2 Å². The zero-order valence-electron chi connectivity index (χ0n) is 8.70. The van der Waals surface area contributed by atoms with Gasteiger partial charge in [0.2, 0.25) is 0 Å². The molecule has 0 fully saturated rings. The van der Waals surface area contributed by atoms with Crippen molar-refractivity contribution >= 4 is 0 Å². The van der Waals surface area contributed by atoms with Gasteiger partial charge in [0.15, 0.2) is 0 Å². The van der Waals surface area contributed by atoms with Gasteiger partial charge in [-0.05, 0) is 12.5 Å². The van der Waals surface area contributed by atoms with Gasteiger partial charge in [-0.2, -0.15) is 0 Å². The van der Waals surface area contributed by atoms with E-state index in [-0.39, 0.29) is 0 Å². The van der Waals surface area contributed by atoms with Gasteiger partial charge < -0.3 is 0 Å². The van der Waals surface area contributed by atoms with Gasteiger partial charge in [-0.25, -0.2) is 0 Å². The molecule has 0 bridgehead atoms. The molecule has 0 aliphatic heterocycles. The summed E-state index contributed by atoms with van der Waals surface area (Å²) in [4.78, 5) is 0. The number of rotatable bonds is 3. The Hall–Kier alpha value is -1.90. The van der Waals surface area contributed by atoms with Crippen molar-refractivity contribution in [3.05, 3.63) is 48.2 Å². The van der Waals surface area contributed by atoms with E-state index in [0.29, 0.717) is 0 Å². The molecule has 1 aromatic heterocycles. The zero-order chi connectivity index (χ0) is 10.7. The van der Waals surface area contributed by atoms with Crippen LogP contribution in [0.3, 0.4) is 0 Å². The minimum Gasteiger partial charge on any atom is -0.261 e. The smallest absolute Gasteiger partial charge is 0.116 e. The summed E-state index contributed by atoms with van der Waals surface area (Å²) in [5, 5.41) is 10.8. The molecule has 0 atom stereocenters. The Kier molecular flexibility index (Phi) is 2.63. The SMILES string of the molecule is C=CCc1[nH]nnc1-c1ccccc1C. The van der Waals surface area contributed by atoms with Gasteiger partial charge in [0.1, 0.15) is 5.69 Å². The van der Waals surface area contributed by atoms with Crippen LogP contribution in [0.25, 0.3) is 11.3 Å². The molecule has 0 aliphatic carbocycles. The van der Waals surface area contributed by atoms with E-state index < -0.39 is 0 Å². The van der Waals surface area contributed by atoms with Crippen LogP contribution >= 0.6 is 0 Å². The van der Waals surface area contributed by atoms with Crippen LogP contribution in [-0.4, -0.2) is 15.4 Å². The summed E-state index contributed by atoms with van der Waals surface area (Å²) in [6.45, 7) is 5.79.